The van der Waals surface area contributed by atoms with Gasteiger partial charge in [-0.2, -0.15) is 0 Å². The SMILES string of the molecule is O=Cc1ccc(C2C=C(c3ccnc4ccccc34)NO2)cc1. The smallest absolute Gasteiger partial charge is 0.150 e. The van der Waals surface area contributed by atoms with Crippen LogP contribution >= 0.6 is 0 Å². The van der Waals surface area contributed by atoms with Crippen molar-refractivity contribution >= 4 is 22.9 Å². The van der Waals surface area contributed by atoms with Crippen LogP contribution in [0, 0.1) is 0 Å². The Hall–Kier alpha value is -2.98. The van der Waals surface area contributed by atoms with E-state index in [0.29, 0.717) is 5.56 Å². The summed E-state index contributed by atoms with van der Waals surface area (Å²) in [6, 6.07) is 17.4. The van der Waals surface area contributed by atoms with Gasteiger partial charge in [0.2, 0.25) is 0 Å². The highest BCUT2D eigenvalue weighted by atomic mass is 16.7. The van der Waals surface area contributed by atoms with Gasteiger partial charge in [-0.25, -0.2) is 0 Å². The fourth-order valence-electron chi connectivity index (χ4n) is 2.75. The average Bonchev–Trinajstić information content (AvgIpc) is 3.11. The zero-order valence-corrected chi connectivity index (χ0v) is 12.3. The molecule has 1 atom stereocenters. The summed E-state index contributed by atoms with van der Waals surface area (Å²) in [4.78, 5) is 20.8. The number of pyridine rings is 1. The van der Waals surface area contributed by atoms with Crippen molar-refractivity contribution in [1.82, 2.24) is 10.5 Å². The van der Waals surface area contributed by atoms with Crippen molar-refractivity contribution < 1.29 is 9.63 Å². The molecule has 4 rings (SSSR count). The molecule has 1 N–H and O–H groups in total. The summed E-state index contributed by atoms with van der Waals surface area (Å²) >= 11 is 0. The molecule has 0 fully saturated rings. The van der Waals surface area contributed by atoms with Crippen LogP contribution in [0.3, 0.4) is 0 Å². The Bertz CT molecular complexity index is 895. The zero-order valence-electron chi connectivity index (χ0n) is 12.3. The van der Waals surface area contributed by atoms with E-state index in [1.807, 2.05) is 48.5 Å². The number of benzene rings is 2. The molecule has 0 aliphatic carbocycles. The number of carbonyl (C=O) groups excluding carboxylic acids is 1. The summed E-state index contributed by atoms with van der Waals surface area (Å²) < 4.78 is 0. The fourth-order valence-corrected chi connectivity index (χ4v) is 2.75. The summed E-state index contributed by atoms with van der Waals surface area (Å²) in [6.07, 6.45) is 4.49. The van der Waals surface area contributed by atoms with Crippen LogP contribution in [0.2, 0.25) is 0 Å². The molecule has 0 radical (unpaired) electrons. The van der Waals surface area contributed by atoms with Gasteiger partial charge in [0.25, 0.3) is 0 Å². The van der Waals surface area contributed by atoms with E-state index in [1.54, 1.807) is 18.3 Å². The number of nitrogens with zero attached hydrogens (tertiary/aromatic N) is 1. The quantitative estimate of drug-likeness (QED) is 0.750. The number of nitrogens with one attached hydrogen (secondary N) is 1. The van der Waals surface area contributed by atoms with Gasteiger partial charge in [-0.05, 0) is 23.8 Å². The Labute approximate surface area is 133 Å². The van der Waals surface area contributed by atoms with E-state index in [-0.39, 0.29) is 6.10 Å². The predicted molar refractivity (Wildman–Crippen MR) is 88.5 cm³/mol. The van der Waals surface area contributed by atoms with Crippen molar-refractivity contribution in [1.29, 1.82) is 0 Å². The summed E-state index contributed by atoms with van der Waals surface area (Å²) in [5, 5.41) is 1.08. The number of para-hydroxylation sites is 1. The fraction of sp³-hybridized carbons (Fsp3) is 0.0526. The molecule has 1 aromatic heterocycles. The monoisotopic (exact) mass is 302 g/mol. The first-order valence-electron chi connectivity index (χ1n) is 7.38. The number of rotatable bonds is 3. The molecule has 0 bridgehead atoms. The van der Waals surface area contributed by atoms with Gasteiger partial charge in [0.1, 0.15) is 12.4 Å². The first-order chi connectivity index (χ1) is 11.3. The van der Waals surface area contributed by atoms with E-state index in [2.05, 4.69) is 10.5 Å². The lowest BCUT2D eigenvalue weighted by Crippen LogP contribution is -2.07. The highest BCUT2D eigenvalue weighted by Crippen LogP contribution is 2.31. The second kappa shape index (κ2) is 5.66. The molecule has 0 saturated carbocycles. The van der Waals surface area contributed by atoms with E-state index >= 15 is 0 Å². The summed E-state index contributed by atoms with van der Waals surface area (Å²) in [6.45, 7) is 0. The van der Waals surface area contributed by atoms with Gasteiger partial charge in [-0.15, -0.1) is 0 Å². The Morgan fingerprint density at radius 1 is 1.04 bits per heavy atom. The second-order valence-electron chi connectivity index (χ2n) is 5.38. The van der Waals surface area contributed by atoms with E-state index in [0.717, 1.165) is 34.0 Å². The molecule has 4 nitrogen and oxygen atoms in total. The number of hydroxylamine groups is 1. The van der Waals surface area contributed by atoms with Crippen molar-refractivity contribution in [2.75, 3.05) is 0 Å². The van der Waals surface area contributed by atoms with E-state index < -0.39 is 0 Å². The molecular weight excluding hydrogens is 288 g/mol. The standard InChI is InChI=1S/C19H14N2O2/c22-12-13-5-7-14(8-6-13)19-11-18(21-23-19)16-9-10-20-17-4-2-1-3-15(16)17/h1-12,19,21H. The highest BCUT2D eigenvalue weighted by Gasteiger charge is 2.20. The lowest BCUT2D eigenvalue weighted by atomic mass is 10.0. The maximum Gasteiger partial charge on any atom is 0.150 e. The predicted octanol–water partition coefficient (Wildman–Crippen LogP) is 3.66. The van der Waals surface area contributed by atoms with Crippen LogP contribution in [-0.2, 0) is 4.84 Å². The average molecular weight is 302 g/mol. The maximum atomic E-state index is 10.7. The maximum absolute atomic E-state index is 10.7. The lowest BCUT2D eigenvalue weighted by Gasteiger charge is -2.08. The third kappa shape index (κ3) is 2.49. The van der Waals surface area contributed by atoms with Gasteiger partial charge >= 0.3 is 0 Å². The Kier molecular flexibility index (Phi) is 3.37. The van der Waals surface area contributed by atoms with Crippen molar-refractivity contribution in [2.45, 2.75) is 6.10 Å². The number of fused-ring (bicyclic) bond motifs is 1. The third-order valence-corrected chi connectivity index (χ3v) is 3.95. The van der Waals surface area contributed by atoms with Crippen LogP contribution in [0.5, 0.6) is 0 Å². The van der Waals surface area contributed by atoms with Crippen molar-refractivity contribution in [3.05, 3.63) is 83.6 Å². The van der Waals surface area contributed by atoms with E-state index in [9.17, 15) is 4.79 Å². The summed E-state index contributed by atoms with van der Waals surface area (Å²) in [7, 11) is 0. The zero-order chi connectivity index (χ0) is 15.6. The third-order valence-electron chi connectivity index (χ3n) is 3.95. The minimum atomic E-state index is -0.183. The number of hydrogen-bond donors (Lipinski definition) is 1. The van der Waals surface area contributed by atoms with Crippen LogP contribution in [0.25, 0.3) is 16.6 Å². The van der Waals surface area contributed by atoms with Gasteiger partial charge in [0.15, 0.2) is 0 Å². The molecular formula is C19H14N2O2. The molecule has 3 aromatic rings. The van der Waals surface area contributed by atoms with Gasteiger partial charge in [0, 0.05) is 22.7 Å². The first-order valence-corrected chi connectivity index (χ1v) is 7.38. The van der Waals surface area contributed by atoms with Crippen molar-refractivity contribution in [3.63, 3.8) is 0 Å². The van der Waals surface area contributed by atoms with Gasteiger partial charge in [-0.3, -0.25) is 20.1 Å². The first kappa shape index (κ1) is 13.7. The minimum Gasteiger partial charge on any atom is -0.298 e. The summed E-state index contributed by atoms with van der Waals surface area (Å²) in [5.41, 5.74) is 7.59. The Morgan fingerprint density at radius 2 is 1.87 bits per heavy atom. The van der Waals surface area contributed by atoms with Gasteiger partial charge in [0.05, 0.1) is 11.2 Å². The molecule has 0 saturated heterocycles. The van der Waals surface area contributed by atoms with E-state index in [1.165, 1.54) is 0 Å². The number of carbonyl (C=O) groups is 1. The van der Waals surface area contributed by atoms with Crippen LogP contribution in [0.15, 0.2) is 66.9 Å². The van der Waals surface area contributed by atoms with Crippen LogP contribution in [-0.4, -0.2) is 11.3 Å². The largest absolute Gasteiger partial charge is 0.298 e. The molecule has 1 unspecified atom stereocenters. The molecule has 23 heavy (non-hydrogen) atoms. The Morgan fingerprint density at radius 3 is 2.70 bits per heavy atom. The molecule has 1 aliphatic rings. The molecule has 4 heteroatoms. The van der Waals surface area contributed by atoms with Crippen molar-refractivity contribution in [2.24, 2.45) is 0 Å². The van der Waals surface area contributed by atoms with Crippen molar-refractivity contribution in [3.8, 4) is 0 Å². The molecule has 2 heterocycles. The normalized spacial score (nSPS) is 16.9. The molecule has 0 spiro atoms. The summed E-state index contributed by atoms with van der Waals surface area (Å²) in [5.74, 6) is 0. The topological polar surface area (TPSA) is 51.2 Å². The second-order valence-corrected chi connectivity index (χ2v) is 5.38. The number of aldehydes is 1. The van der Waals surface area contributed by atoms with E-state index in [4.69, 9.17) is 4.84 Å². The van der Waals surface area contributed by atoms with Crippen LogP contribution < -0.4 is 5.48 Å². The van der Waals surface area contributed by atoms with Gasteiger partial charge in [-0.1, -0.05) is 42.5 Å². The Balaban J connectivity index is 1.71. The molecule has 2 aromatic carbocycles. The lowest BCUT2D eigenvalue weighted by molar-refractivity contribution is 0.0511. The van der Waals surface area contributed by atoms with Crippen LogP contribution in [0.1, 0.15) is 27.6 Å². The highest BCUT2D eigenvalue weighted by molar-refractivity contribution is 5.91. The van der Waals surface area contributed by atoms with Crippen LogP contribution in [0.4, 0.5) is 0 Å². The molecule has 0 amide bonds. The molecule has 1 aliphatic heterocycles. The molecule has 112 valence electrons. The number of aromatic nitrogens is 1. The van der Waals surface area contributed by atoms with Gasteiger partial charge < -0.3 is 0 Å². The minimum absolute atomic E-state index is 0.183. The number of hydrogen-bond acceptors (Lipinski definition) is 4.